The van der Waals surface area contributed by atoms with Gasteiger partial charge in [-0.1, -0.05) is 35.5 Å². The molecule has 0 aliphatic rings. The Bertz CT molecular complexity index is 799. The maximum atomic E-state index is 12.9. The highest BCUT2D eigenvalue weighted by Gasteiger charge is 2.16. The molecule has 0 bridgehead atoms. The summed E-state index contributed by atoms with van der Waals surface area (Å²) in [6.45, 7) is 0.489. The van der Waals surface area contributed by atoms with Crippen LogP contribution in [0.25, 0.3) is 5.69 Å². The molecule has 0 unspecified atom stereocenters. The molecule has 0 radical (unpaired) electrons. The van der Waals surface area contributed by atoms with E-state index in [2.05, 4.69) is 10.3 Å². The summed E-state index contributed by atoms with van der Waals surface area (Å²) in [6, 6.07) is 15.5. The Labute approximate surface area is 133 Å². The molecule has 3 rings (SSSR count). The van der Waals surface area contributed by atoms with E-state index in [0.29, 0.717) is 12.2 Å². The average molecular weight is 310 g/mol. The summed E-state index contributed by atoms with van der Waals surface area (Å²) in [7, 11) is 1.71. The molecular weight excluding hydrogens is 295 g/mol. The van der Waals surface area contributed by atoms with Crippen molar-refractivity contribution in [3.05, 3.63) is 77.9 Å². The van der Waals surface area contributed by atoms with Crippen LogP contribution >= 0.6 is 0 Å². The van der Waals surface area contributed by atoms with Crippen LogP contribution in [-0.4, -0.2) is 32.8 Å². The van der Waals surface area contributed by atoms with E-state index in [1.54, 1.807) is 24.1 Å². The monoisotopic (exact) mass is 310 g/mol. The van der Waals surface area contributed by atoms with E-state index in [0.717, 1.165) is 5.56 Å². The summed E-state index contributed by atoms with van der Waals surface area (Å²) in [5.74, 6) is -0.546. The second-order valence-corrected chi connectivity index (χ2v) is 5.17. The molecule has 116 valence electrons. The number of hydrogen-bond acceptors (Lipinski definition) is 3. The molecule has 1 amide bonds. The molecular formula is C17H15FN4O. The minimum atomic E-state index is -0.326. The van der Waals surface area contributed by atoms with Gasteiger partial charge < -0.3 is 4.90 Å². The highest BCUT2D eigenvalue weighted by molar-refractivity contribution is 5.91. The van der Waals surface area contributed by atoms with Gasteiger partial charge in [0.05, 0.1) is 11.9 Å². The van der Waals surface area contributed by atoms with E-state index in [1.807, 2.05) is 30.3 Å². The number of benzene rings is 2. The molecule has 0 aliphatic carbocycles. The highest BCUT2D eigenvalue weighted by Crippen LogP contribution is 2.10. The molecule has 6 heteroatoms. The minimum absolute atomic E-state index is 0.220. The lowest BCUT2D eigenvalue weighted by Crippen LogP contribution is -2.26. The average Bonchev–Trinajstić information content (AvgIpc) is 3.05. The largest absolute Gasteiger partial charge is 0.336 e. The van der Waals surface area contributed by atoms with Gasteiger partial charge in [0.25, 0.3) is 5.91 Å². The van der Waals surface area contributed by atoms with Crippen LogP contribution in [0.4, 0.5) is 4.39 Å². The highest BCUT2D eigenvalue weighted by atomic mass is 19.1. The number of nitrogens with zero attached hydrogens (tertiary/aromatic N) is 4. The SMILES string of the molecule is CN(Cc1ccccc1)C(=O)c1cn(-c2ccc(F)cc2)nn1. The van der Waals surface area contributed by atoms with Crippen molar-refractivity contribution in [2.45, 2.75) is 6.54 Å². The van der Waals surface area contributed by atoms with Crippen molar-refractivity contribution in [1.29, 1.82) is 0 Å². The molecule has 1 heterocycles. The van der Waals surface area contributed by atoms with Gasteiger partial charge in [-0.3, -0.25) is 4.79 Å². The summed E-state index contributed by atoms with van der Waals surface area (Å²) in [4.78, 5) is 14.0. The van der Waals surface area contributed by atoms with E-state index >= 15 is 0 Å². The molecule has 0 saturated carbocycles. The molecule has 23 heavy (non-hydrogen) atoms. The van der Waals surface area contributed by atoms with Crippen molar-refractivity contribution >= 4 is 5.91 Å². The molecule has 0 atom stereocenters. The summed E-state index contributed by atoms with van der Waals surface area (Å²) in [6.07, 6.45) is 1.54. The zero-order valence-corrected chi connectivity index (χ0v) is 12.6. The van der Waals surface area contributed by atoms with Gasteiger partial charge in [0.15, 0.2) is 5.69 Å². The summed E-state index contributed by atoms with van der Waals surface area (Å²) in [5, 5.41) is 7.83. The van der Waals surface area contributed by atoms with Gasteiger partial charge in [-0.15, -0.1) is 5.10 Å². The van der Waals surface area contributed by atoms with E-state index in [9.17, 15) is 9.18 Å². The summed E-state index contributed by atoms with van der Waals surface area (Å²) in [5.41, 5.74) is 1.92. The normalized spacial score (nSPS) is 10.5. The van der Waals surface area contributed by atoms with Crippen molar-refractivity contribution in [3.8, 4) is 5.69 Å². The van der Waals surface area contributed by atoms with Crippen molar-refractivity contribution in [2.75, 3.05) is 7.05 Å². The third-order valence-corrected chi connectivity index (χ3v) is 3.41. The third kappa shape index (κ3) is 3.42. The van der Waals surface area contributed by atoms with Crippen LogP contribution in [0.1, 0.15) is 16.1 Å². The molecule has 0 N–H and O–H groups in total. The van der Waals surface area contributed by atoms with Gasteiger partial charge in [-0.25, -0.2) is 9.07 Å². The minimum Gasteiger partial charge on any atom is -0.336 e. The zero-order valence-electron chi connectivity index (χ0n) is 12.6. The van der Waals surface area contributed by atoms with E-state index in [1.165, 1.54) is 23.0 Å². The van der Waals surface area contributed by atoms with Gasteiger partial charge in [0, 0.05) is 13.6 Å². The molecule has 3 aromatic rings. The number of aromatic nitrogens is 3. The zero-order chi connectivity index (χ0) is 16.2. The first-order valence-corrected chi connectivity index (χ1v) is 7.11. The summed E-state index contributed by atoms with van der Waals surface area (Å²) >= 11 is 0. The smallest absolute Gasteiger partial charge is 0.276 e. The van der Waals surface area contributed by atoms with Crippen molar-refractivity contribution in [1.82, 2.24) is 19.9 Å². The van der Waals surface area contributed by atoms with Crippen LogP contribution < -0.4 is 0 Å². The molecule has 2 aromatic carbocycles. The standard InChI is InChI=1S/C17H15FN4O/c1-21(11-13-5-3-2-4-6-13)17(23)16-12-22(20-19-16)15-9-7-14(18)8-10-15/h2-10,12H,11H2,1H3. The lowest BCUT2D eigenvalue weighted by atomic mass is 10.2. The number of rotatable bonds is 4. The first kappa shape index (κ1) is 14.9. The van der Waals surface area contributed by atoms with Crippen LogP contribution in [0.5, 0.6) is 0 Å². The van der Waals surface area contributed by atoms with Crippen LogP contribution in [-0.2, 0) is 6.54 Å². The van der Waals surface area contributed by atoms with Crippen molar-refractivity contribution in [3.63, 3.8) is 0 Å². The fraction of sp³-hybridized carbons (Fsp3) is 0.118. The molecule has 0 saturated heterocycles. The Kier molecular flexibility index (Phi) is 4.14. The molecule has 1 aromatic heterocycles. The Hall–Kier alpha value is -3.02. The fourth-order valence-electron chi connectivity index (χ4n) is 2.21. The first-order valence-electron chi connectivity index (χ1n) is 7.11. The number of halogens is 1. The van der Waals surface area contributed by atoms with Crippen LogP contribution in [0.3, 0.4) is 0 Å². The summed E-state index contributed by atoms with van der Waals surface area (Å²) < 4.78 is 14.4. The predicted octanol–water partition coefficient (Wildman–Crippen LogP) is 2.68. The maximum Gasteiger partial charge on any atom is 0.276 e. The lowest BCUT2D eigenvalue weighted by molar-refractivity contribution is 0.0779. The van der Waals surface area contributed by atoms with E-state index in [-0.39, 0.29) is 17.4 Å². The topological polar surface area (TPSA) is 51.0 Å². The van der Waals surface area contributed by atoms with Crippen molar-refractivity contribution < 1.29 is 9.18 Å². The quantitative estimate of drug-likeness (QED) is 0.744. The number of carbonyl (C=O) groups excluding carboxylic acids is 1. The van der Waals surface area contributed by atoms with Crippen molar-refractivity contribution in [2.24, 2.45) is 0 Å². The van der Waals surface area contributed by atoms with E-state index < -0.39 is 0 Å². The van der Waals surface area contributed by atoms with Gasteiger partial charge in [0.1, 0.15) is 5.82 Å². The first-order chi connectivity index (χ1) is 11.1. The number of amides is 1. The van der Waals surface area contributed by atoms with Crippen LogP contribution in [0.15, 0.2) is 60.8 Å². The molecule has 0 spiro atoms. The van der Waals surface area contributed by atoms with Gasteiger partial charge in [-0.05, 0) is 29.8 Å². The van der Waals surface area contributed by atoms with E-state index in [4.69, 9.17) is 0 Å². The Balaban J connectivity index is 1.74. The number of carbonyl (C=O) groups is 1. The molecule has 5 nitrogen and oxygen atoms in total. The Morgan fingerprint density at radius 3 is 2.52 bits per heavy atom. The van der Waals surface area contributed by atoms with Gasteiger partial charge >= 0.3 is 0 Å². The third-order valence-electron chi connectivity index (χ3n) is 3.41. The van der Waals surface area contributed by atoms with Crippen LogP contribution in [0.2, 0.25) is 0 Å². The maximum absolute atomic E-state index is 12.9. The predicted molar refractivity (Wildman–Crippen MR) is 83.6 cm³/mol. The number of hydrogen-bond donors (Lipinski definition) is 0. The van der Waals surface area contributed by atoms with Gasteiger partial charge in [-0.2, -0.15) is 0 Å². The fourth-order valence-corrected chi connectivity index (χ4v) is 2.21. The Morgan fingerprint density at radius 2 is 1.83 bits per heavy atom. The van der Waals surface area contributed by atoms with Crippen LogP contribution in [0, 0.1) is 5.82 Å². The molecule has 0 aliphatic heterocycles. The Morgan fingerprint density at radius 1 is 1.13 bits per heavy atom. The molecule has 0 fully saturated rings. The second-order valence-electron chi connectivity index (χ2n) is 5.17. The van der Waals surface area contributed by atoms with Gasteiger partial charge in [0.2, 0.25) is 0 Å². The lowest BCUT2D eigenvalue weighted by Gasteiger charge is -2.15. The second kappa shape index (κ2) is 6.39.